The highest BCUT2D eigenvalue weighted by molar-refractivity contribution is 5.52. The van der Waals surface area contributed by atoms with Crippen LogP contribution in [0.3, 0.4) is 0 Å². The molecular formula is C15H21NO3. The number of ether oxygens (including phenoxy) is 3. The molecule has 0 amide bonds. The Bertz CT molecular complexity index is 455. The smallest absolute Gasteiger partial charge is 0.231 e. The molecule has 1 unspecified atom stereocenters. The van der Waals surface area contributed by atoms with Gasteiger partial charge in [-0.15, -0.1) is 0 Å². The predicted octanol–water partition coefficient (Wildman–Crippen LogP) is 2.48. The number of benzene rings is 1. The van der Waals surface area contributed by atoms with Gasteiger partial charge >= 0.3 is 0 Å². The quantitative estimate of drug-likeness (QED) is 0.886. The highest BCUT2D eigenvalue weighted by Gasteiger charge is 2.21. The van der Waals surface area contributed by atoms with E-state index in [9.17, 15) is 0 Å². The standard InChI is InChI=1S/C15H21NO3/c1-10(16)5-12-6-14-15(19-9-18-14)7-13(12)17-8-11-3-2-4-11/h6-7,10-11H,2-5,8-9,16H2,1H3. The normalized spacial score (nSPS) is 19.1. The largest absolute Gasteiger partial charge is 0.493 e. The fourth-order valence-electron chi connectivity index (χ4n) is 2.47. The summed E-state index contributed by atoms with van der Waals surface area (Å²) in [5, 5.41) is 0. The summed E-state index contributed by atoms with van der Waals surface area (Å²) in [5.74, 6) is 3.19. The van der Waals surface area contributed by atoms with Crippen molar-refractivity contribution in [1.29, 1.82) is 0 Å². The molecule has 1 saturated carbocycles. The van der Waals surface area contributed by atoms with E-state index in [1.165, 1.54) is 19.3 Å². The first-order valence-corrected chi connectivity index (χ1v) is 7.03. The molecule has 0 bridgehead atoms. The maximum absolute atomic E-state index is 5.98. The van der Waals surface area contributed by atoms with Crippen LogP contribution in [0.15, 0.2) is 12.1 Å². The third-order valence-corrected chi connectivity index (χ3v) is 3.80. The first-order valence-electron chi connectivity index (χ1n) is 7.03. The van der Waals surface area contributed by atoms with Gasteiger partial charge in [0.25, 0.3) is 0 Å². The molecule has 2 aliphatic rings. The van der Waals surface area contributed by atoms with Gasteiger partial charge in [0.15, 0.2) is 11.5 Å². The minimum absolute atomic E-state index is 0.103. The van der Waals surface area contributed by atoms with Crippen molar-refractivity contribution >= 4 is 0 Å². The molecule has 1 heterocycles. The lowest BCUT2D eigenvalue weighted by molar-refractivity contribution is 0.172. The number of rotatable bonds is 5. The van der Waals surface area contributed by atoms with E-state index in [0.717, 1.165) is 35.8 Å². The molecule has 19 heavy (non-hydrogen) atoms. The van der Waals surface area contributed by atoms with Gasteiger partial charge < -0.3 is 19.9 Å². The molecule has 0 radical (unpaired) electrons. The van der Waals surface area contributed by atoms with Crippen LogP contribution in [0, 0.1) is 5.92 Å². The van der Waals surface area contributed by atoms with Gasteiger partial charge in [-0.25, -0.2) is 0 Å². The van der Waals surface area contributed by atoms with Crippen LogP contribution in [0.1, 0.15) is 31.7 Å². The van der Waals surface area contributed by atoms with Gasteiger partial charge in [-0.3, -0.25) is 0 Å². The summed E-state index contributed by atoms with van der Waals surface area (Å²) in [6.45, 7) is 3.09. The van der Waals surface area contributed by atoms with Gasteiger partial charge in [-0.2, -0.15) is 0 Å². The Morgan fingerprint density at radius 3 is 2.68 bits per heavy atom. The molecule has 1 aromatic carbocycles. The number of nitrogens with two attached hydrogens (primary N) is 1. The van der Waals surface area contributed by atoms with Crippen molar-refractivity contribution in [2.45, 2.75) is 38.6 Å². The van der Waals surface area contributed by atoms with Crippen LogP contribution in [-0.4, -0.2) is 19.4 Å². The van der Waals surface area contributed by atoms with Crippen molar-refractivity contribution in [3.8, 4) is 17.2 Å². The second-order valence-corrected chi connectivity index (χ2v) is 5.60. The van der Waals surface area contributed by atoms with E-state index in [-0.39, 0.29) is 6.04 Å². The number of hydrogen-bond acceptors (Lipinski definition) is 4. The summed E-state index contributed by atoms with van der Waals surface area (Å²) >= 11 is 0. The Balaban J connectivity index is 1.77. The molecule has 0 aromatic heterocycles. The van der Waals surface area contributed by atoms with Gasteiger partial charge in [0, 0.05) is 12.1 Å². The number of hydrogen-bond donors (Lipinski definition) is 1. The van der Waals surface area contributed by atoms with Gasteiger partial charge in [0.05, 0.1) is 6.61 Å². The van der Waals surface area contributed by atoms with E-state index in [1.54, 1.807) is 0 Å². The summed E-state index contributed by atoms with van der Waals surface area (Å²) < 4.78 is 16.8. The van der Waals surface area contributed by atoms with Crippen LogP contribution in [-0.2, 0) is 6.42 Å². The van der Waals surface area contributed by atoms with Crippen LogP contribution in [0.5, 0.6) is 17.2 Å². The predicted molar refractivity (Wildman–Crippen MR) is 72.8 cm³/mol. The summed E-state index contributed by atoms with van der Waals surface area (Å²) in [6, 6.07) is 4.05. The maximum atomic E-state index is 5.98. The van der Waals surface area contributed by atoms with Crippen molar-refractivity contribution in [3.05, 3.63) is 17.7 Å². The summed E-state index contributed by atoms with van der Waals surface area (Å²) in [4.78, 5) is 0. The van der Waals surface area contributed by atoms with E-state index in [2.05, 4.69) is 0 Å². The van der Waals surface area contributed by atoms with Crippen LogP contribution in [0.4, 0.5) is 0 Å². The lowest BCUT2D eigenvalue weighted by atomic mass is 9.86. The molecule has 4 heteroatoms. The Kier molecular flexibility index (Phi) is 3.51. The second-order valence-electron chi connectivity index (χ2n) is 5.60. The Morgan fingerprint density at radius 2 is 2.05 bits per heavy atom. The van der Waals surface area contributed by atoms with E-state index >= 15 is 0 Å². The topological polar surface area (TPSA) is 53.7 Å². The molecule has 1 aromatic rings. The molecule has 4 nitrogen and oxygen atoms in total. The molecule has 3 rings (SSSR count). The Labute approximate surface area is 113 Å². The van der Waals surface area contributed by atoms with Crippen molar-refractivity contribution in [3.63, 3.8) is 0 Å². The third kappa shape index (κ3) is 2.78. The minimum atomic E-state index is 0.103. The van der Waals surface area contributed by atoms with Gasteiger partial charge in [0.2, 0.25) is 6.79 Å². The van der Waals surface area contributed by atoms with Crippen molar-refractivity contribution in [2.24, 2.45) is 11.7 Å². The lowest BCUT2D eigenvalue weighted by Crippen LogP contribution is -2.21. The fraction of sp³-hybridized carbons (Fsp3) is 0.600. The monoisotopic (exact) mass is 263 g/mol. The van der Waals surface area contributed by atoms with E-state index in [1.807, 2.05) is 19.1 Å². The summed E-state index contributed by atoms with van der Waals surface area (Å²) in [5.41, 5.74) is 7.01. The Hall–Kier alpha value is -1.42. The highest BCUT2D eigenvalue weighted by atomic mass is 16.7. The van der Waals surface area contributed by atoms with E-state index in [0.29, 0.717) is 12.7 Å². The maximum Gasteiger partial charge on any atom is 0.231 e. The summed E-state index contributed by atoms with van der Waals surface area (Å²) in [7, 11) is 0. The van der Waals surface area contributed by atoms with Crippen LogP contribution in [0.25, 0.3) is 0 Å². The molecule has 2 N–H and O–H groups in total. The first-order chi connectivity index (χ1) is 9.22. The minimum Gasteiger partial charge on any atom is -0.493 e. The zero-order chi connectivity index (χ0) is 13.2. The first kappa shape index (κ1) is 12.6. The van der Waals surface area contributed by atoms with Gasteiger partial charge in [0.1, 0.15) is 5.75 Å². The molecule has 0 saturated heterocycles. The molecule has 1 aliphatic carbocycles. The van der Waals surface area contributed by atoms with Crippen LogP contribution >= 0.6 is 0 Å². The van der Waals surface area contributed by atoms with Gasteiger partial charge in [-0.05, 0) is 43.7 Å². The van der Waals surface area contributed by atoms with Crippen molar-refractivity contribution < 1.29 is 14.2 Å². The van der Waals surface area contributed by atoms with Crippen molar-refractivity contribution in [1.82, 2.24) is 0 Å². The Morgan fingerprint density at radius 1 is 1.32 bits per heavy atom. The molecule has 1 atom stereocenters. The molecule has 1 fully saturated rings. The molecule has 104 valence electrons. The molecule has 1 aliphatic heterocycles. The average Bonchev–Trinajstić information content (AvgIpc) is 2.73. The lowest BCUT2D eigenvalue weighted by Gasteiger charge is -2.26. The highest BCUT2D eigenvalue weighted by Crippen LogP contribution is 2.39. The molecule has 0 spiro atoms. The zero-order valence-corrected chi connectivity index (χ0v) is 11.4. The summed E-state index contributed by atoms with van der Waals surface area (Å²) in [6.07, 6.45) is 4.69. The SMILES string of the molecule is CC(N)Cc1cc2c(cc1OCC1CCC1)OCO2. The number of fused-ring (bicyclic) bond motifs is 1. The molecular weight excluding hydrogens is 242 g/mol. The van der Waals surface area contributed by atoms with E-state index < -0.39 is 0 Å². The van der Waals surface area contributed by atoms with Crippen molar-refractivity contribution in [2.75, 3.05) is 13.4 Å². The zero-order valence-electron chi connectivity index (χ0n) is 11.4. The fourth-order valence-corrected chi connectivity index (χ4v) is 2.47. The average molecular weight is 263 g/mol. The third-order valence-electron chi connectivity index (χ3n) is 3.80. The van der Waals surface area contributed by atoms with E-state index in [4.69, 9.17) is 19.9 Å². The van der Waals surface area contributed by atoms with Gasteiger partial charge in [-0.1, -0.05) is 6.42 Å². The van der Waals surface area contributed by atoms with Crippen LogP contribution < -0.4 is 19.9 Å². The van der Waals surface area contributed by atoms with Crippen LogP contribution in [0.2, 0.25) is 0 Å². The second kappa shape index (κ2) is 5.29.